The lowest BCUT2D eigenvalue weighted by Gasteiger charge is -2.42. The molecule has 194 valence electrons. The number of piperazine rings is 1. The van der Waals surface area contributed by atoms with Crippen LogP contribution in [-0.4, -0.2) is 70.6 Å². The van der Waals surface area contributed by atoms with Crippen LogP contribution in [-0.2, 0) is 9.47 Å². The van der Waals surface area contributed by atoms with Gasteiger partial charge in [0.05, 0.1) is 35.4 Å². The minimum Gasteiger partial charge on any atom is -0.463 e. The Morgan fingerprint density at radius 2 is 1.92 bits per heavy atom. The van der Waals surface area contributed by atoms with Crippen LogP contribution in [0.15, 0.2) is 16.6 Å². The second kappa shape index (κ2) is 8.15. The third-order valence-electron chi connectivity index (χ3n) is 7.84. The summed E-state index contributed by atoms with van der Waals surface area (Å²) < 4.78 is 33.2. The smallest absolute Gasteiger partial charge is 0.410 e. The van der Waals surface area contributed by atoms with E-state index in [0.717, 1.165) is 25.7 Å². The molecule has 5 aliphatic rings. The minimum atomic E-state index is -0.546. The van der Waals surface area contributed by atoms with E-state index in [9.17, 15) is 4.79 Å². The van der Waals surface area contributed by atoms with Crippen LogP contribution < -0.4 is 9.64 Å². The number of ether oxygens (including phenoxy) is 3. The summed E-state index contributed by atoms with van der Waals surface area (Å²) in [5, 5.41) is 0.631. The highest BCUT2D eigenvalue weighted by Crippen LogP contribution is 2.57. The molecule has 10 heteroatoms. The molecule has 0 radical (unpaired) electrons. The molecule has 0 N–H and O–H groups in total. The lowest BCUT2D eigenvalue weighted by atomic mass is 9.64. The monoisotopic (exact) mass is 562 g/mol. The first-order valence-electron chi connectivity index (χ1n) is 12.6. The SMILES string of the molecule is CC(C)(C)OC(=O)N1C2CCC1CN(c1nc(OCC34COC(C)(C3)C4)nc3c(F)c(Br)ccc13)C2. The summed E-state index contributed by atoms with van der Waals surface area (Å²) >= 11 is 3.29. The Morgan fingerprint density at radius 3 is 2.53 bits per heavy atom. The number of fused-ring (bicyclic) bond motifs is 4. The molecule has 5 fully saturated rings. The molecule has 4 aliphatic heterocycles. The molecule has 7 rings (SSSR count). The first kappa shape index (κ1) is 24.2. The van der Waals surface area contributed by atoms with Gasteiger partial charge in [-0.3, -0.25) is 4.90 Å². The van der Waals surface area contributed by atoms with Gasteiger partial charge in [-0.15, -0.1) is 0 Å². The Morgan fingerprint density at radius 1 is 1.22 bits per heavy atom. The molecule has 4 bridgehead atoms. The highest BCUT2D eigenvalue weighted by atomic mass is 79.9. The van der Waals surface area contributed by atoms with Gasteiger partial charge in [-0.25, -0.2) is 9.18 Å². The van der Waals surface area contributed by atoms with Crippen molar-refractivity contribution in [1.29, 1.82) is 0 Å². The number of benzene rings is 1. The van der Waals surface area contributed by atoms with Gasteiger partial charge in [0.1, 0.15) is 16.9 Å². The van der Waals surface area contributed by atoms with Gasteiger partial charge in [-0.2, -0.15) is 9.97 Å². The van der Waals surface area contributed by atoms with Crippen LogP contribution in [0.3, 0.4) is 0 Å². The Bertz CT molecular complexity index is 1210. The maximum Gasteiger partial charge on any atom is 0.410 e. The number of nitrogens with zero attached hydrogens (tertiary/aromatic N) is 4. The van der Waals surface area contributed by atoms with Gasteiger partial charge in [0.15, 0.2) is 5.82 Å². The first-order chi connectivity index (χ1) is 16.9. The zero-order valence-corrected chi connectivity index (χ0v) is 22.7. The zero-order chi connectivity index (χ0) is 25.5. The lowest BCUT2D eigenvalue weighted by Crippen LogP contribution is -2.57. The van der Waals surface area contributed by atoms with Gasteiger partial charge in [0.2, 0.25) is 0 Å². The topological polar surface area (TPSA) is 77.0 Å². The van der Waals surface area contributed by atoms with Crippen LogP contribution in [0, 0.1) is 11.2 Å². The van der Waals surface area contributed by atoms with Crippen LogP contribution in [0.25, 0.3) is 10.9 Å². The predicted octanol–water partition coefficient (Wildman–Crippen LogP) is 5.07. The molecular weight excluding hydrogens is 531 g/mol. The highest BCUT2D eigenvalue weighted by molar-refractivity contribution is 9.10. The molecule has 1 amide bonds. The van der Waals surface area contributed by atoms with Crippen molar-refractivity contribution < 1.29 is 23.4 Å². The van der Waals surface area contributed by atoms with E-state index < -0.39 is 11.4 Å². The van der Waals surface area contributed by atoms with Crippen molar-refractivity contribution >= 4 is 38.7 Å². The van der Waals surface area contributed by atoms with Crippen molar-refractivity contribution in [3.63, 3.8) is 0 Å². The van der Waals surface area contributed by atoms with Gasteiger partial charge >= 0.3 is 12.1 Å². The third-order valence-corrected chi connectivity index (χ3v) is 8.45. The van der Waals surface area contributed by atoms with Gasteiger partial charge in [-0.1, -0.05) is 0 Å². The van der Waals surface area contributed by atoms with Gasteiger partial charge in [-0.05, 0) is 81.4 Å². The fourth-order valence-corrected chi connectivity index (χ4v) is 6.84. The third kappa shape index (κ3) is 4.10. The molecular formula is C26H32BrFN4O4. The number of anilines is 1. The summed E-state index contributed by atoms with van der Waals surface area (Å²) in [6.07, 6.45) is 3.43. The number of amides is 1. The quantitative estimate of drug-likeness (QED) is 0.515. The summed E-state index contributed by atoms with van der Waals surface area (Å²) in [6.45, 7) is 10.1. The Labute approximate surface area is 218 Å². The summed E-state index contributed by atoms with van der Waals surface area (Å²) in [5.41, 5.74) is -0.371. The number of rotatable bonds is 4. The zero-order valence-electron chi connectivity index (χ0n) is 21.1. The molecule has 1 saturated carbocycles. The van der Waals surface area contributed by atoms with Crippen molar-refractivity contribution in [2.45, 2.75) is 76.7 Å². The van der Waals surface area contributed by atoms with Crippen LogP contribution in [0.5, 0.6) is 6.01 Å². The van der Waals surface area contributed by atoms with Gasteiger partial charge < -0.3 is 19.1 Å². The lowest BCUT2D eigenvalue weighted by molar-refractivity contribution is -0.00933. The fourth-order valence-electron chi connectivity index (χ4n) is 6.52. The number of halogens is 2. The standard InChI is InChI=1S/C26H32BrFN4O4/c1-24(2,3)36-23(33)32-15-5-6-16(32)10-31(9-15)21-17-7-8-18(27)19(28)20(17)29-22(30-21)34-13-26-11-25(4,12-26)35-14-26/h7-8,15-16H,5-6,9-14H2,1-4H3. The molecule has 2 unspecified atom stereocenters. The van der Waals surface area contributed by atoms with Gasteiger partial charge in [0.25, 0.3) is 0 Å². The molecule has 1 aliphatic carbocycles. The van der Waals surface area contributed by atoms with E-state index >= 15 is 4.39 Å². The maximum absolute atomic E-state index is 15.2. The number of carbonyl (C=O) groups excluding carboxylic acids is 1. The molecule has 8 nitrogen and oxygen atoms in total. The number of aromatic nitrogens is 2. The van der Waals surface area contributed by atoms with Crippen molar-refractivity contribution in [2.75, 3.05) is 31.2 Å². The predicted molar refractivity (Wildman–Crippen MR) is 136 cm³/mol. The van der Waals surface area contributed by atoms with Crippen LogP contribution in [0.4, 0.5) is 15.0 Å². The minimum absolute atomic E-state index is 0.00968. The molecule has 1 aromatic heterocycles. The van der Waals surface area contributed by atoms with E-state index in [1.54, 1.807) is 6.07 Å². The van der Waals surface area contributed by atoms with Crippen molar-refractivity contribution in [3.05, 3.63) is 22.4 Å². The van der Waals surface area contributed by atoms with Crippen molar-refractivity contribution in [3.8, 4) is 6.01 Å². The summed E-state index contributed by atoms with van der Waals surface area (Å²) in [7, 11) is 0. The largest absolute Gasteiger partial charge is 0.463 e. The second-order valence-corrected chi connectivity index (χ2v) is 13.0. The molecule has 5 heterocycles. The average Bonchev–Trinajstić information content (AvgIpc) is 3.39. The molecule has 0 spiro atoms. The summed E-state index contributed by atoms with van der Waals surface area (Å²) in [5.74, 6) is 0.204. The van der Waals surface area contributed by atoms with Crippen molar-refractivity contribution in [1.82, 2.24) is 14.9 Å². The van der Waals surface area contributed by atoms with E-state index in [1.165, 1.54) is 0 Å². The van der Waals surface area contributed by atoms with Crippen molar-refractivity contribution in [2.24, 2.45) is 5.41 Å². The molecule has 2 atom stereocenters. The fraction of sp³-hybridized carbons (Fsp3) is 0.654. The Hall–Kier alpha value is -2.20. The second-order valence-electron chi connectivity index (χ2n) is 12.1. The van der Waals surface area contributed by atoms with E-state index in [-0.39, 0.29) is 40.7 Å². The average molecular weight is 563 g/mol. The number of carbonyl (C=O) groups is 1. The molecule has 4 saturated heterocycles. The van der Waals surface area contributed by atoms with Crippen LogP contribution in [0.1, 0.15) is 53.4 Å². The normalized spacial score (nSPS) is 31.1. The summed E-state index contributed by atoms with van der Waals surface area (Å²) in [4.78, 5) is 26.2. The van der Waals surface area contributed by atoms with Crippen LogP contribution in [0.2, 0.25) is 0 Å². The number of hydrogen-bond donors (Lipinski definition) is 0. The highest BCUT2D eigenvalue weighted by Gasteiger charge is 2.60. The number of hydrogen-bond acceptors (Lipinski definition) is 7. The summed E-state index contributed by atoms with van der Waals surface area (Å²) in [6, 6.07) is 3.71. The van der Waals surface area contributed by atoms with E-state index in [0.29, 0.717) is 42.0 Å². The van der Waals surface area contributed by atoms with Crippen LogP contribution >= 0.6 is 15.9 Å². The Balaban J connectivity index is 1.29. The van der Waals surface area contributed by atoms with E-state index in [1.807, 2.05) is 31.7 Å². The van der Waals surface area contributed by atoms with E-state index in [4.69, 9.17) is 19.2 Å². The first-order valence-corrected chi connectivity index (χ1v) is 13.4. The molecule has 2 aromatic rings. The maximum atomic E-state index is 15.2. The molecule has 1 aromatic carbocycles. The molecule has 36 heavy (non-hydrogen) atoms. The Kier molecular flexibility index (Phi) is 5.47. The van der Waals surface area contributed by atoms with E-state index in [2.05, 4.69) is 32.7 Å². The van der Waals surface area contributed by atoms with Gasteiger partial charge in [0, 0.05) is 23.9 Å².